The van der Waals surface area contributed by atoms with Crippen LogP contribution in [-0.2, 0) is 11.3 Å². The van der Waals surface area contributed by atoms with Crippen molar-refractivity contribution in [1.29, 1.82) is 0 Å². The van der Waals surface area contributed by atoms with E-state index in [0.29, 0.717) is 13.2 Å². The highest BCUT2D eigenvalue weighted by Gasteiger charge is 2.55. The minimum absolute atomic E-state index is 0.0531. The van der Waals surface area contributed by atoms with Gasteiger partial charge in [0.05, 0.1) is 30.0 Å². The molecule has 1 aliphatic heterocycles. The minimum Gasteiger partial charge on any atom is -0.392 e. The summed E-state index contributed by atoms with van der Waals surface area (Å²) in [5, 5.41) is 11.5. The summed E-state index contributed by atoms with van der Waals surface area (Å²) in [6, 6.07) is 12.5. The second-order valence-corrected chi connectivity index (χ2v) is 7.40. The molecule has 2 heterocycles. The van der Waals surface area contributed by atoms with E-state index in [1.165, 1.54) is 5.39 Å². The lowest BCUT2D eigenvalue weighted by Gasteiger charge is -2.56. The number of pyridine rings is 1. The first-order valence-corrected chi connectivity index (χ1v) is 9.28. The number of fused-ring (bicyclic) bond motifs is 1. The van der Waals surface area contributed by atoms with Gasteiger partial charge in [0.1, 0.15) is 0 Å². The lowest BCUT2D eigenvalue weighted by Crippen LogP contribution is -2.62. The fourth-order valence-electron chi connectivity index (χ4n) is 4.38. The van der Waals surface area contributed by atoms with Crippen molar-refractivity contribution in [1.82, 2.24) is 9.88 Å². The number of benzene rings is 1. The highest BCUT2D eigenvalue weighted by molar-refractivity contribution is 5.78. The molecular formula is C20H27N3O2. The molecule has 3 N–H and O–H groups in total. The van der Waals surface area contributed by atoms with Gasteiger partial charge >= 0.3 is 0 Å². The number of ether oxygens (including phenoxy) is 1. The van der Waals surface area contributed by atoms with Gasteiger partial charge in [0.2, 0.25) is 0 Å². The number of nitrogens with zero attached hydrogens (tertiary/aromatic N) is 2. The normalized spacial score (nSPS) is 26.0. The van der Waals surface area contributed by atoms with Gasteiger partial charge in [0.25, 0.3) is 0 Å². The molecule has 4 rings (SSSR count). The Morgan fingerprint density at radius 1 is 1.20 bits per heavy atom. The summed E-state index contributed by atoms with van der Waals surface area (Å²) < 4.78 is 5.88. The maximum atomic E-state index is 10.3. The van der Waals surface area contributed by atoms with Crippen LogP contribution in [0, 0.1) is 5.41 Å². The molecule has 0 radical (unpaired) electrons. The molecular weight excluding hydrogens is 314 g/mol. The summed E-state index contributed by atoms with van der Waals surface area (Å²) in [5.41, 5.74) is 7.66. The molecule has 25 heavy (non-hydrogen) atoms. The van der Waals surface area contributed by atoms with Crippen molar-refractivity contribution in [2.75, 3.05) is 26.2 Å². The predicted molar refractivity (Wildman–Crippen MR) is 98.1 cm³/mol. The van der Waals surface area contributed by atoms with E-state index in [2.05, 4.69) is 29.2 Å². The number of aliphatic hydroxyl groups excluding tert-OH is 1. The van der Waals surface area contributed by atoms with Gasteiger partial charge in [-0.3, -0.25) is 9.88 Å². The smallest absolute Gasteiger partial charge is 0.0705 e. The summed E-state index contributed by atoms with van der Waals surface area (Å²) in [6.45, 7) is 3.96. The Hall–Kier alpha value is -1.53. The van der Waals surface area contributed by atoms with Gasteiger partial charge < -0.3 is 15.6 Å². The number of nitrogens with two attached hydrogens (primary N) is 1. The average Bonchev–Trinajstić information content (AvgIpc) is 2.65. The molecule has 1 saturated heterocycles. The maximum Gasteiger partial charge on any atom is 0.0705 e. The predicted octanol–water partition coefficient (Wildman–Crippen LogP) is 1.93. The molecule has 2 aliphatic rings. The molecule has 5 heteroatoms. The van der Waals surface area contributed by atoms with Gasteiger partial charge in [-0.25, -0.2) is 0 Å². The van der Waals surface area contributed by atoms with Crippen LogP contribution in [0.3, 0.4) is 0 Å². The zero-order chi connectivity index (χ0) is 17.3. The molecule has 1 aliphatic carbocycles. The second-order valence-electron chi connectivity index (χ2n) is 7.40. The van der Waals surface area contributed by atoms with Crippen LogP contribution in [-0.4, -0.2) is 53.4 Å². The third-order valence-electron chi connectivity index (χ3n) is 6.01. The van der Waals surface area contributed by atoms with Gasteiger partial charge in [-0.1, -0.05) is 24.3 Å². The Kier molecular flexibility index (Phi) is 4.73. The Morgan fingerprint density at radius 3 is 2.76 bits per heavy atom. The van der Waals surface area contributed by atoms with Crippen LogP contribution >= 0.6 is 0 Å². The summed E-state index contributed by atoms with van der Waals surface area (Å²) in [4.78, 5) is 7.22. The quantitative estimate of drug-likeness (QED) is 0.869. The number of hydrogen-bond acceptors (Lipinski definition) is 5. The third kappa shape index (κ3) is 3.17. The maximum absolute atomic E-state index is 10.3. The molecule has 0 amide bonds. The van der Waals surface area contributed by atoms with Crippen molar-refractivity contribution in [3.8, 4) is 0 Å². The zero-order valence-corrected chi connectivity index (χ0v) is 14.6. The molecule has 2 aromatic rings. The molecule has 1 spiro atoms. The van der Waals surface area contributed by atoms with E-state index < -0.39 is 0 Å². The van der Waals surface area contributed by atoms with E-state index >= 15 is 0 Å². The average molecular weight is 341 g/mol. The van der Waals surface area contributed by atoms with Gasteiger partial charge in [-0.05, 0) is 38.1 Å². The van der Waals surface area contributed by atoms with Gasteiger partial charge in [0, 0.05) is 30.3 Å². The number of rotatable bonds is 5. The third-order valence-corrected chi connectivity index (χ3v) is 6.01. The molecule has 2 fully saturated rings. The van der Waals surface area contributed by atoms with Gasteiger partial charge in [-0.15, -0.1) is 0 Å². The summed E-state index contributed by atoms with van der Waals surface area (Å²) in [5.74, 6) is 0. The molecule has 0 unspecified atom stereocenters. The number of hydrogen-bond donors (Lipinski definition) is 2. The fourth-order valence-corrected chi connectivity index (χ4v) is 4.38. The second kappa shape index (κ2) is 7.00. The highest BCUT2D eigenvalue weighted by Crippen LogP contribution is 2.51. The highest BCUT2D eigenvalue weighted by atomic mass is 16.5. The van der Waals surface area contributed by atoms with Crippen LogP contribution < -0.4 is 5.73 Å². The molecule has 2 atom stereocenters. The molecule has 1 aromatic carbocycles. The van der Waals surface area contributed by atoms with Crippen molar-refractivity contribution in [2.24, 2.45) is 11.1 Å². The topological polar surface area (TPSA) is 71.6 Å². The lowest BCUT2D eigenvalue weighted by atomic mass is 9.58. The van der Waals surface area contributed by atoms with E-state index in [1.807, 2.05) is 12.1 Å². The first-order chi connectivity index (χ1) is 12.2. The number of aliphatic hydroxyl groups is 1. The number of aromatic nitrogens is 1. The number of likely N-dealkylation sites (tertiary alicyclic amines) is 1. The van der Waals surface area contributed by atoms with Crippen LogP contribution in [0.2, 0.25) is 0 Å². The molecule has 1 saturated carbocycles. The Balaban J connectivity index is 1.38. The fraction of sp³-hybridized carbons (Fsp3) is 0.550. The zero-order valence-electron chi connectivity index (χ0n) is 14.6. The van der Waals surface area contributed by atoms with Crippen LogP contribution in [0.5, 0.6) is 0 Å². The standard InChI is InChI=1S/C20H27N3O2/c21-9-12-25-19-13-18(24)20(19)7-10-23(11-8-20)14-16-6-5-15-3-1-2-4-17(15)22-16/h1-6,18-19,24H,7-14,21H2/t18-,19+/m1/s1. The summed E-state index contributed by atoms with van der Waals surface area (Å²) >= 11 is 0. The SMILES string of the molecule is NCCO[C@H]1C[C@@H](O)C12CCN(Cc1ccc3ccccc3n1)CC2. The molecule has 5 nitrogen and oxygen atoms in total. The van der Waals surface area contributed by atoms with Crippen LogP contribution in [0.1, 0.15) is 25.0 Å². The van der Waals surface area contributed by atoms with Crippen molar-refractivity contribution in [2.45, 2.75) is 38.0 Å². The minimum atomic E-state index is -0.226. The Morgan fingerprint density at radius 2 is 2.00 bits per heavy atom. The Bertz CT molecular complexity index is 728. The van der Waals surface area contributed by atoms with Crippen molar-refractivity contribution < 1.29 is 9.84 Å². The Labute approximate surface area is 148 Å². The van der Waals surface area contributed by atoms with Gasteiger partial charge in [-0.2, -0.15) is 0 Å². The van der Waals surface area contributed by atoms with E-state index in [9.17, 15) is 5.11 Å². The lowest BCUT2D eigenvalue weighted by molar-refractivity contribution is -0.210. The van der Waals surface area contributed by atoms with E-state index in [-0.39, 0.29) is 17.6 Å². The summed E-state index contributed by atoms with van der Waals surface area (Å²) in [7, 11) is 0. The number of piperidine rings is 1. The van der Waals surface area contributed by atoms with Crippen LogP contribution in [0.15, 0.2) is 36.4 Å². The summed E-state index contributed by atoms with van der Waals surface area (Å²) in [6.07, 6.45) is 2.67. The molecule has 134 valence electrons. The first-order valence-electron chi connectivity index (χ1n) is 9.28. The van der Waals surface area contributed by atoms with Crippen molar-refractivity contribution in [3.63, 3.8) is 0 Å². The van der Waals surface area contributed by atoms with Gasteiger partial charge in [0.15, 0.2) is 0 Å². The van der Waals surface area contributed by atoms with Crippen LogP contribution in [0.4, 0.5) is 0 Å². The van der Waals surface area contributed by atoms with E-state index in [1.54, 1.807) is 0 Å². The van der Waals surface area contributed by atoms with Crippen molar-refractivity contribution in [3.05, 3.63) is 42.1 Å². The largest absolute Gasteiger partial charge is 0.392 e. The van der Waals surface area contributed by atoms with Crippen molar-refractivity contribution >= 4 is 10.9 Å². The number of para-hydroxylation sites is 1. The first kappa shape index (κ1) is 16.9. The monoisotopic (exact) mass is 341 g/mol. The van der Waals surface area contributed by atoms with E-state index in [0.717, 1.165) is 50.1 Å². The molecule has 1 aromatic heterocycles. The molecule has 0 bridgehead atoms. The van der Waals surface area contributed by atoms with Crippen LogP contribution in [0.25, 0.3) is 10.9 Å². The van der Waals surface area contributed by atoms with E-state index in [4.69, 9.17) is 15.5 Å².